The fourth-order valence-corrected chi connectivity index (χ4v) is 4.22. The number of anilines is 1. The van der Waals surface area contributed by atoms with Gasteiger partial charge in [0, 0.05) is 11.6 Å². The smallest absolute Gasteiger partial charge is 0.342 e. The number of nitrogen functional groups attached to an aromatic ring is 1. The van der Waals surface area contributed by atoms with Crippen molar-refractivity contribution in [3.63, 3.8) is 0 Å². The first kappa shape index (κ1) is 23.9. The van der Waals surface area contributed by atoms with Crippen molar-refractivity contribution >= 4 is 46.0 Å². The van der Waals surface area contributed by atoms with E-state index in [1.807, 2.05) is 0 Å². The first-order chi connectivity index (χ1) is 17.3. The van der Waals surface area contributed by atoms with Crippen molar-refractivity contribution in [3.05, 3.63) is 53.3 Å². The second-order valence-electron chi connectivity index (χ2n) is 8.11. The standard InChI is InChI=1S/C22H21ClN6O7/c23-11-3-1-2-10(4-11)15-13(6-35-22(15)33)34-7-14(30)25-5-12-17(31)18(32)21(36-12)29-9-28-16-19(24)26-8-27-20(16)29/h1-4,8-9,12,17-18,21,31-32H,5-7H2,(H,25,30)(H2,24,26,27)/t12-,17-,18-,21-/m1/s1. The zero-order valence-corrected chi connectivity index (χ0v) is 19.3. The van der Waals surface area contributed by atoms with E-state index >= 15 is 0 Å². The third kappa shape index (κ3) is 4.44. The van der Waals surface area contributed by atoms with E-state index in [9.17, 15) is 19.8 Å². The largest absolute Gasteiger partial charge is 0.484 e. The summed E-state index contributed by atoms with van der Waals surface area (Å²) in [5, 5.41) is 24.0. The normalized spacial score (nSPS) is 23.8. The number of nitrogens with two attached hydrogens (primary N) is 1. The number of carbonyl (C=O) groups is 2. The molecule has 0 unspecified atom stereocenters. The molecule has 4 heterocycles. The molecule has 0 aliphatic carbocycles. The molecule has 0 saturated carbocycles. The molecule has 2 aromatic heterocycles. The third-order valence-electron chi connectivity index (χ3n) is 5.81. The third-order valence-corrected chi connectivity index (χ3v) is 6.04. The number of fused-ring (bicyclic) bond motifs is 1. The number of aliphatic hydroxyl groups is 2. The number of carbonyl (C=O) groups excluding carboxylic acids is 2. The molecule has 1 saturated heterocycles. The summed E-state index contributed by atoms with van der Waals surface area (Å²) in [6, 6.07) is 6.63. The number of imidazole rings is 1. The molecule has 1 fully saturated rings. The summed E-state index contributed by atoms with van der Waals surface area (Å²) in [6.07, 6.45) is -1.93. The van der Waals surface area contributed by atoms with Crippen LogP contribution in [0.5, 0.6) is 0 Å². The van der Waals surface area contributed by atoms with Gasteiger partial charge in [0.2, 0.25) is 0 Å². The van der Waals surface area contributed by atoms with Crippen LogP contribution in [0.2, 0.25) is 5.02 Å². The van der Waals surface area contributed by atoms with Gasteiger partial charge >= 0.3 is 5.97 Å². The first-order valence-electron chi connectivity index (χ1n) is 10.8. The van der Waals surface area contributed by atoms with E-state index in [0.717, 1.165) is 0 Å². The molecule has 0 radical (unpaired) electrons. The lowest BCUT2D eigenvalue weighted by molar-refractivity contribution is -0.134. The lowest BCUT2D eigenvalue weighted by Gasteiger charge is -2.16. The highest BCUT2D eigenvalue weighted by Crippen LogP contribution is 2.32. The highest BCUT2D eigenvalue weighted by Gasteiger charge is 2.44. The molecule has 1 aromatic carbocycles. The Morgan fingerprint density at radius 3 is 2.92 bits per heavy atom. The lowest BCUT2D eigenvalue weighted by atomic mass is 10.1. The van der Waals surface area contributed by atoms with Gasteiger partial charge in [-0.25, -0.2) is 19.7 Å². The lowest BCUT2D eigenvalue weighted by Crippen LogP contribution is -2.40. The number of hydrogen-bond acceptors (Lipinski definition) is 11. The minimum absolute atomic E-state index is 0.112. The fraction of sp³-hybridized carbons (Fsp3) is 0.318. The Labute approximate surface area is 208 Å². The Morgan fingerprint density at radius 2 is 2.11 bits per heavy atom. The number of cyclic esters (lactones) is 1. The van der Waals surface area contributed by atoms with E-state index in [1.54, 1.807) is 24.3 Å². The molecule has 14 heteroatoms. The fourth-order valence-electron chi connectivity index (χ4n) is 4.03. The molecule has 5 rings (SSSR count). The summed E-state index contributed by atoms with van der Waals surface area (Å²) in [5.41, 5.74) is 7.16. The van der Waals surface area contributed by atoms with Crippen LogP contribution < -0.4 is 11.1 Å². The zero-order valence-electron chi connectivity index (χ0n) is 18.6. The van der Waals surface area contributed by atoms with Gasteiger partial charge < -0.3 is 35.5 Å². The van der Waals surface area contributed by atoms with Gasteiger partial charge in [-0.1, -0.05) is 23.7 Å². The minimum Gasteiger partial charge on any atom is -0.484 e. The number of nitrogens with one attached hydrogen (secondary N) is 1. The van der Waals surface area contributed by atoms with Crippen LogP contribution in [0.1, 0.15) is 11.8 Å². The number of ether oxygens (including phenoxy) is 3. The minimum atomic E-state index is -1.32. The monoisotopic (exact) mass is 516 g/mol. The van der Waals surface area contributed by atoms with E-state index in [0.29, 0.717) is 21.7 Å². The number of aromatic nitrogens is 4. The number of esters is 1. The van der Waals surface area contributed by atoms with Gasteiger partial charge in [-0.05, 0) is 17.7 Å². The number of nitrogens with zero attached hydrogens (tertiary/aromatic N) is 4. The Kier molecular flexibility index (Phi) is 6.45. The number of hydrogen-bond donors (Lipinski definition) is 4. The summed E-state index contributed by atoms with van der Waals surface area (Å²) in [4.78, 5) is 36.6. The second kappa shape index (κ2) is 9.70. The van der Waals surface area contributed by atoms with Crippen molar-refractivity contribution in [2.45, 2.75) is 24.5 Å². The van der Waals surface area contributed by atoms with E-state index < -0.39 is 43.0 Å². The van der Waals surface area contributed by atoms with E-state index in [4.69, 9.17) is 31.5 Å². The van der Waals surface area contributed by atoms with Gasteiger partial charge in [-0.2, -0.15) is 0 Å². The SMILES string of the molecule is Nc1ncnc2c1ncn2[C@@H]1O[C@H](CNC(=O)COC2=C(c3cccc(Cl)c3)C(=O)OC2)[C@@H](O)[C@H]1O. The average Bonchev–Trinajstić information content (AvgIpc) is 3.53. The quantitative estimate of drug-likeness (QED) is 0.304. The molecular formula is C22H21ClN6O7. The molecule has 0 spiro atoms. The van der Waals surface area contributed by atoms with Gasteiger partial charge in [0.25, 0.3) is 5.91 Å². The van der Waals surface area contributed by atoms with Crippen LogP contribution in [0.4, 0.5) is 5.82 Å². The molecule has 188 valence electrons. The van der Waals surface area contributed by atoms with Crippen molar-refractivity contribution in [2.24, 2.45) is 0 Å². The first-order valence-corrected chi connectivity index (χ1v) is 11.2. The summed E-state index contributed by atoms with van der Waals surface area (Å²) >= 11 is 6.00. The maximum atomic E-state index is 12.4. The zero-order chi connectivity index (χ0) is 25.4. The Hall–Kier alpha value is -3.78. The summed E-state index contributed by atoms with van der Waals surface area (Å²) in [6.45, 7) is -0.636. The predicted molar refractivity (Wildman–Crippen MR) is 124 cm³/mol. The van der Waals surface area contributed by atoms with Gasteiger partial charge in [-0.15, -0.1) is 0 Å². The summed E-state index contributed by atoms with van der Waals surface area (Å²) < 4.78 is 17.8. The molecule has 2 aliphatic rings. The van der Waals surface area contributed by atoms with Gasteiger partial charge in [0.1, 0.15) is 48.1 Å². The van der Waals surface area contributed by atoms with E-state index in [2.05, 4.69) is 20.3 Å². The summed E-state index contributed by atoms with van der Waals surface area (Å²) in [5.74, 6) is -0.735. The molecule has 1 amide bonds. The van der Waals surface area contributed by atoms with Gasteiger partial charge in [0.15, 0.2) is 24.3 Å². The van der Waals surface area contributed by atoms with E-state index in [1.165, 1.54) is 17.2 Å². The molecule has 5 N–H and O–H groups in total. The molecule has 13 nitrogen and oxygen atoms in total. The second-order valence-corrected chi connectivity index (χ2v) is 8.54. The van der Waals surface area contributed by atoms with Crippen LogP contribution in [-0.2, 0) is 23.8 Å². The Morgan fingerprint density at radius 1 is 1.28 bits per heavy atom. The molecule has 3 aromatic rings. The average molecular weight is 517 g/mol. The number of aliphatic hydroxyl groups excluding tert-OH is 2. The van der Waals surface area contributed by atoms with Crippen molar-refractivity contribution in [3.8, 4) is 0 Å². The van der Waals surface area contributed by atoms with Gasteiger partial charge in [0.05, 0.1) is 6.33 Å². The predicted octanol–water partition coefficient (Wildman–Crippen LogP) is -0.218. The topological polar surface area (TPSA) is 184 Å². The van der Waals surface area contributed by atoms with Gasteiger partial charge in [-0.3, -0.25) is 9.36 Å². The molecule has 2 aliphatic heterocycles. The molecular weight excluding hydrogens is 496 g/mol. The van der Waals surface area contributed by atoms with Crippen LogP contribution in [0.15, 0.2) is 42.7 Å². The highest BCUT2D eigenvalue weighted by molar-refractivity contribution is 6.31. The number of halogens is 1. The van der Waals surface area contributed by atoms with Crippen LogP contribution in [0.3, 0.4) is 0 Å². The van der Waals surface area contributed by atoms with Crippen LogP contribution in [-0.4, -0.2) is 79.7 Å². The Balaban J connectivity index is 1.20. The number of benzene rings is 1. The molecule has 0 bridgehead atoms. The molecule has 4 atom stereocenters. The van der Waals surface area contributed by atoms with E-state index in [-0.39, 0.29) is 30.3 Å². The number of rotatable bonds is 7. The highest BCUT2D eigenvalue weighted by atomic mass is 35.5. The number of amides is 1. The maximum Gasteiger partial charge on any atom is 0.342 e. The van der Waals surface area contributed by atoms with Crippen LogP contribution in [0, 0.1) is 0 Å². The molecule has 36 heavy (non-hydrogen) atoms. The van der Waals surface area contributed by atoms with Crippen LogP contribution in [0.25, 0.3) is 16.7 Å². The van der Waals surface area contributed by atoms with Crippen molar-refractivity contribution < 1.29 is 34.0 Å². The Bertz CT molecular complexity index is 1360. The maximum absolute atomic E-state index is 12.4. The summed E-state index contributed by atoms with van der Waals surface area (Å²) in [7, 11) is 0. The van der Waals surface area contributed by atoms with Crippen LogP contribution >= 0.6 is 11.6 Å². The van der Waals surface area contributed by atoms with Crippen molar-refractivity contribution in [1.82, 2.24) is 24.8 Å². The van der Waals surface area contributed by atoms with Crippen molar-refractivity contribution in [2.75, 3.05) is 25.5 Å². The van der Waals surface area contributed by atoms with Crippen molar-refractivity contribution in [1.29, 1.82) is 0 Å².